The Labute approximate surface area is 116 Å². The number of nitrogens with two attached hydrogens (primary N) is 1. The molecule has 96 valence electrons. The molecule has 0 fully saturated rings. The number of nitrogen functional groups attached to an aromatic ring is 1. The Hall–Kier alpha value is -1.29. The third-order valence-electron chi connectivity index (χ3n) is 2.97. The fraction of sp³-hybridized carbons (Fsp3) is 0.357. The second-order valence-electron chi connectivity index (χ2n) is 5.48. The Bertz CT molecular complexity index is 579. The molecule has 1 aromatic heterocycles. The van der Waals surface area contributed by atoms with Gasteiger partial charge >= 0.3 is 0 Å². The number of halogens is 1. The molecule has 2 N–H and O–H groups in total. The summed E-state index contributed by atoms with van der Waals surface area (Å²) in [7, 11) is 0. The van der Waals surface area contributed by atoms with Crippen LogP contribution in [-0.4, -0.2) is 9.55 Å². The van der Waals surface area contributed by atoms with E-state index >= 15 is 0 Å². The lowest BCUT2D eigenvalue weighted by molar-refractivity contribution is 0.402. The van der Waals surface area contributed by atoms with Crippen molar-refractivity contribution in [3.05, 3.63) is 34.6 Å². The monoisotopic (exact) mass is 307 g/mol. The van der Waals surface area contributed by atoms with Crippen molar-refractivity contribution in [2.75, 3.05) is 5.73 Å². The molecule has 0 aliphatic rings. The van der Waals surface area contributed by atoms with Gasteiger partial charge in [-0.05, 0) is 39.3 Å². The zero-order chi connectivity index (χ0) is 13.5. The van der Waals surface area contributed by atoms with E-state index in [1.54, 1.807) is 6.33 Å². The van der Waals surface area contributed by atoms with E-state index in [-0.39, 0.29) is 5.54 Å². The van der Waals surface area contributed by atoms with Crippen LogP contribution in [0.2, 0.25) is 0 Å². The fourth-order valence-electron chi connectivity index (χ4n) is 1.86. The lowest BCUT2D eigenvalue weighted by Gasteiger charge is -2.22. The molecule has 0 bridgehead atoms. The van der Waals surface area contributed by atoms with Gasteiger partial charge in [0.25, 0.3) is 0 Å². The largest absolute Gasteiger partial charge is 0.383 e. The summed E-state index contributed by atoms with van der Waals surface area (Å²) < 4.78 is 3.07. The van der Waals surface area contributed by atoms with Gasteiger partial charge in [-0.1, -0.05) is 28.1 Å². The van der Waals surface area contributed by atoms with Gasteiger partial charge in [-0.15, -0.1) is 0 Å². The molecule has 0 unspecified atom stereocenters. The van der Waals surface area contributed by atoms with Gasteiger partial charge in [-0.25, -0.2) is 4.98 Å². The van der Waals surface area contributed by atoms with Crippen LogP contribution in [0.4, 0.5) is 5.82 Å². The Morgan fingerprint density at radius 2 is 1.94 bits per heavy atom. The lowest BCUT2D eigenvalue weighted by atomic mass is 10.1. The van der Waals surface area contributed by atoms with Crippen molar-refractivity contribution < 1.29 is 0 Å². The molecule has 0 saturated carbocycles. The summed E-state index contributed by atoms with van der Waals surface area (Å²) in [6.45, 7) is 8.39. The Morgan fingerprint density at radius 3 is 2.44 bits per heavy atom. The average molecular weight is 308 g/mol. The first-order valence-corrected chi connectivity index (χ1v) is 6.70. The first-order valence-electron chi connectivity index (χ1n) is 5.90. The van der Waals surface area contributed by atoms with Gasteiger partial charge < -0.3 is 10.3 Å². The minimum absolute atomic E-state index is 0.0583. The number of nitrogens with zero attached hydrogens (tertiary/aromatic N) is 2. The van der Waals surface area contributed by atoms with Crippen molar-refractivity contribution in [3.8, 4) is 11.3 Å². The van der Waals surface area contributed by atoms with Crippen LogP contribution in [-0.2, 0) is 5.54 Å². The van der Waals surface area contributed by atoms with Gasteiger partial charge in [-0.2, -0.15) is 0 Å². The van der Waals surface area contributed by atoms with E-state index in [2.05, 4.69) is 60.7 Å². The number of hydrogen-bond acceptors (Lipinski definition) is 2. The number of anilines is 1. The molecule has 0 aliphatic carbocycles. The van der Waals surface area contributed by atoms with Gasteiger partial charge in [0.1, 0.15) is 11.5 Å². The number of hydrogen-bond donors (Lipinski definition) is 1. The van der Waals surface area contributed by atoms with Crippen molar-refractivity contribution in [3.63, 3.8) is 0 Å². The van der Waals surface area contributed by atoms with Crippen molar-refractivity contribution >= 4 is 21.7 Å². The van der Waals surface area contributed by atoms with Crippen LogP contribution in [0.15, 0.2) is 29.0 Å². The molecule has 1 heterocycles. The number of rotatable bonds is 1. The highest BCUT2D eigenvalue weighted by Crippen LogP contribution is 2.31. The van der Waals surface area contributed by atoms with Crippen LogP contribution < -0.4 is 5.73 Å². The normalized spacial score (nSPS) is 11.8. The van der Waals surface area contributed by atoms with Gasteiger partial charge in [0.05, 0.1) is 6.33 Å². The van der Waals surface area contributed by atoms with Gasteiger partial charge in [0, 0.05) is 15.6 Å². The third kappa shape index (κ3) is 2.29. The van der Waals surface area contributed by atoms with E-state index in [0.717, 1.165) is 15.7 Å². The van der Waals surface area contributed by atoms with Crippen LogP contribution in [0.1, 0.15) is 26.3 Å². The standard InChI is InChI=1S/C14H18BrN3/c1-9-5-6-10(7-11(9)15)12-13(16)18(8-17-12)14(2,3)4/h5-8H,16H2,1-4H3. The molecule has 0 atom stereocenters. The van der Waals surface area contributed by atoms with Crippen LogP contribution in [0.25, 0.3) is 11.3 Å². The summed E-state index contributed by atoms with van der Waals surface area (Å²) >= 11 is 3.54. The number of benzene rings is 1. The van der Waals surface area contributed by atoms with E-state index in [1.807, 2.05) is 10.6 Å². The highest BCUT2D eigenvalue weighted by atomic mass is 79.9. The Kier molecular flexibility index (Phi) is 3.23. The SMILES string of the molecule is Cc1ccc(-c2ncn(C(C)(C)C)c2N)cc1Br. The van der Waals surface area contributed by atoms with E-state index in [1.165, 1.54) is 5.56 Å². The number of aryl methyl sites for hydroxylation is 1. The van der Waals surface area contributed by atoms with Crippen molar-refractivity contribution in [1.82, 2.24) is 9.55 Å². The highest BCUT2D eigenvalue weighted by Gasteiger charge is 2.19. The predicted molar refractivity (Wildman–Crippen MR) is 79.5 cm³/mol. The molecule has 18 heavy (non-hydrogen) atoms. The fourth-order valence-corrected chi connectivity index (χ4v) is 2.23. The molecule has 3 nitrogen and oxygen atoms in total. The topological polar surface area (TPSA) is 43.8 Å². The summed E-state index contributed by atoms with van der Waals surface area (Å²) in [6.07, 6.45) is 1.80. The number of aromatic nitrogens is 2. The minimum Gasteiger partial charge on any atom is -0.383 e. The summed E-state index contributed by atoms with van der Waals surface area (Å²) in [5.41, 5.74) is 9.21. The summed E-state index contributed by atoms with van der Waals surface area (Å²) in [5.74, 6) is 0.707. The molecule has 0 aliphatic heterocycles. The average Bonchev–Trinajstić information content (AvgIpc) is 2.64. The van der Waals surface area contributed by atoms with Crippen molar-refractivity contribution in [1.29, 1.82) is 0 Å². The Morgan fingerprint density at radius 1 is 1.28 bits per heavy atom. The van der Waals surface area contributed by atoms with E-state index in [0.29, 0.717) is 5.82 Å². The smallest absolute Gasteiger partial charge is 0.132 e. The van der Waals surface area contributed by atoms with Gasteiger partial charge in [-0.3, -0.25) is 0 Å². The molecular formula is C14H18BrN3. The molecule has 0 amide bonds. The number of imidazole rings is 1. The molecule has 0 saturated heterocycles. The first kappa shape index (κ1) is 13.1. The Balaban J connectivity index is 2.52. The maximum absolute atomic E-state index is 6.19. The molecule has 4 heteroatoms. The molecular weight excluding hydrogens is 290 g/mol. The first-order chi connectivity index (χ1) is 8.30. The third-order valence-corrected chi connectivity index (χ3v) is 3.83. The van der Waals surface area contributed by atoms with Crippen LogP contribution in [0, 0.1) is 6.92 Å². The quantitative estimate of drug-likeness (QED) is 0.866. The molecule has 0 radical (unpaired) electrons. The van der Waals surface area contributed by atoms with Gasteiger partial charge in [0.2, 0.25) is 0 Å². The van der Waals surface area contributed by atoms with E-state index in [4.69, 9.17) is 5.73 Å². The van der Waals surface area contributed by atoms with Crippen LogP contribution in [0.3, 0.4) is 0 Å². The summed E-state index contributed by atoms with van der Waals surface area (Å²) in [5, 5.41) is 0. The molecule has 0 spiro atoms. The lowest BCUT2D eigenvalue weighted by Crippen LogP contribution is -2.22. The minimum atomic E-state index is -0.0583. The van der Waals surface area contributed by atoms with Crippen molar-refractivity contribution in [2.24, 2.45) is 0 Å². The maximum atomic E-state index is 6.19. The van der Waals surface area contributed by atoms with Crippen LogP contribution in [0.5, 0.6) is 0 Å². The maximum Gasteiger partial charge on any atom is 0.132 e. The molecule has 2 rings (SSSR count). The summed E-state index contributed by atoms with van der Waals surface area (Å²) in [6, 6.07) is 6.17. The van der Waals surface area contributed by atoms with Crippen LogP contribution >= 0.6 is 15.9 Å². The zero-order valence-electron chi connectivity index (χ0n) is 11.2. The summed E-state index contributed by atoms with van der Waals surface area (Å²) in [4.78, 5) is 4.44. The van der Waals surface area contributed by atoms with Gasteiger partial charge in [0.15, 0.2) is 0 Å². The van der Waals surface area contributed by atoms with Crippen molar-refractivity contribution in [2.45, 2.75) is 33.2 Å². The second-order valence-corrected chi connectivity index (χ2v) is 6.34. The molecule has 2 aromatic rings. The highest BCUT2D eigenvalue weighted by molar-refractivity contribution is 9.10. The van der Waals surface area contributed by atoms with E-state index in [9.17, 15) is 0 Å². The zero-order valence-corrected chi connectivity index (χ0v) is 12.7. The predicted octanol–water partition coefficient (Wildman–Crippen LogP) is 3.96. The molecule has 1 aromatic carbocycles. The second kappa shape index (κ2) is 4.43. The van der Waals surface area contributed by atoms with E-state index < -0.39 is 0 Å².